The third kappa shape index (κ3) is 3.44. The van der Waals surface area contributed by atoms with Crippen molar-refractivity contribution in [2.45, 2.75) is 31.4 Å². The van der Waals surface area contributed by atoms with Gasteiger partial charge in [-0.1, -0.05) is 41.9 Å². The van der Waals surface area contributed by atoms with Crippen LogP contribution in [0.4, 0.5) is 0 Å². The fraction of sp³-hybridized carbons (Fsp3) is 0.286. The van der Waals surface area contributed by atoms with Gasteiger partial charge in [0, 0.05) is 17.0 Å². The number of aromatic nitrogens is 3. The van der Waals surface area contributed by atoms with Crippen LogP contribution in [0, 0.1) is 4.77 Å². The topological polar surface area (TPSA) is 58.3 Å². The second kappa shape index (κ2) is 7.50. The van der Waals surface area contributed by atoms with E-state index >= 15 is 0 Å². The van der Waals surface area contributed by atoms with Gasteiger partial charge in [-0.2, -0.15) is 5.10 Å². The molecule has 0 unspecified atom stereocenters. The molecule has 5 rings (SSSR count). The van der Waals surface area contributed by atoms with E-state index in [2.05, 4.69) is 0 Å². The highest BCUT2D eigenvalue weighted by Gasteiger charge is 2.45. The molecule has 3 aromatic rings. The Morgan fingerprint density at radius 1 is 1.14 bits per heavy atom. The van der Waals surface area contributed by atoms with E-state index in [4.69, 9.17) is 38.4 Å². The number of carbonyl (C=O) groups excluding carboxylic acids is 1. The predicted molar refractivity (Wildman–Crippen MR) is 110 cm³/mol. The fourth-order valence-corrected chi connectivity index (χ4v) is 4.27. The molecule has 2 aliphatic heterocycles. The average Bonchev–Trinajstić information content (AvgIpc) is 3.30. The number of nitrogens with zero attached hydrogens (tertiary/aromatic N) is 3. The maximum atomic E-state index is 12.3. The monoisotopic (exact) mass is 427 g/mol. The summed E-state index contributed by atoms with van der Waals surface area (Å²) in [5.41, 5.74) is 2.01. The van der Waals surface area contributed by atoms with E-state index in [-0.39, 0.29) is 17.9 Å². The zero-order valence-corrected chi connectivity index (χ0v) is 17.0. The Hall–Kier alpha value is -2.32. The minimum Gasteiger partial charge on any atom is -0.343 e. The van der Waals surface area contributed by atoms with Crippen molar-refractivity contribution in [1.82, 2.24) is 14.3 Å². The first-order chi connectivity index (χ1) is 14.1. The summed E-state index contributed by atoms with van der Waals surface area (Å²) in [6.45, 7) is 0.938. The maximum absolute atomic E-state index is 12.3. The molecule has 3 atom stereocenters. The standard InChI is InChI=1S/C21H18ClN3O3S/c22-15-8-6-14(7-9-15)19-23-25(16-10-17(26)20-27-12-18(16)28-20)21(29)24(19)11-13-4-2-1-3-5-13/h1-9,16,18,20H,10-12H2/t16-,18+,20+/m1/s1. The molecule has 2 saturated heterocycles. The number of ether oxygens (including phenoxy) is 2. The normalized spacial score (nSPS) is 23.5. The Balaban J connectivity index is 1.61. The molecule has 148 valence electrons. The smallest absolute Gasteiger partial charge is 0.218 e. The molecule has 0 amide bonds. The first-order valence-electron chi connectivity index (χ1n) is 9.39. The Labute approximate surface area is 177 Å². The Bertz CT molecular complexity index is 1110. The van der Waals surface area contributed by atoms with Gasteiger partial charge in [0.2, 0.25) is 6.29 Å². The molecular formula is C21H18ClN3O3S. The number of ketones is 1. The van der Waals surface area contributed by atoms with Crippen LogP contribution < -0.4 is 0 Å². The average molecular weight is 428 g/mol. The van der Waals surface area contributed by atoms with Crippen molar-refractivity contribution >= 4 is 29.6 Å². The Morgan fingerprint density at radius 2 is 1.90 bits per heavy atom. The summed E-state index contributed by atoms with van der Waals surface area (Å²) >= 11 is 11.9. The Morgan fingerprint density at radius 3 is 2.66 bits per heavy atom. The van der Waals surface area contributed by atoms with E-state index < -0.39 is 6.29 Å². The number of fused-ring (bicyclic) bond motifs is 2. The van der Waals surface area contributed by atoms with Crippen molar-refractivity contribution in [3.8, 4) is 11.4 Å². The minimum atomic E-state index is -0.743. The van der Waals surface area contributed by atoms with Gasteiger partial charge >= 0.3 is 0 Å². The molecule has 0 aliphatic carbocycles. The highest BCUT2D eigenvalue weighted by Crippen LogP contribution is 2.34. The van der Waals surface area contributed by atoms with Crippen LogP contribution >= 0.6 is 23.8 Å². The highest BCUT2D eigenvalue weighted by molar-refractivity contribution is 7.71. The van der Waals surface area contributed by atoms with Gasteiger partial charge in [-0.15, -0.1) is 0 Å². The van der Waals surface area contributed by atoms with Crippen molar-refractivity contribution < 1.29 is 14.3 Å². The Kier molecular flexibility index (Phi) is 4.83. The van der Waals surface area contributed by atoms with Crippen LogP contribution in [0.2, 0.25) is 5.02 Å². The molecule has 0 saturated carbocycles. The van der Waals surface area contributed by atoms with Crippen LogP contribution in [-0.4, -0.2) is 39.1 Å². The third-order valence-corrected chi connectivity index (χ3v) is 5.96. The summed E-state index contributed by atoms with van der Waals surface area (Å²) in [6.07, 6.45) is -0.679. The molecule has 3 heterocycles. The van der Waals surface area contributed by atoms with Crippen molar-refractivity contribution in [3.05, 3.63) is 70.0 Å². The van der Waals surface area contributed by atoms with Gasteiger partial charge in [0.05, 0.1) is 19.2 Å². The van der Waals surface area contributed by atoms with Crippen molar-refractivity contribution in [2.75, 3.05) is 6.61 Å². The molecule has 0 radical (unpaired) electrons. The van der Waals surface area contributed by atoms with Gasteiger partial charge in [0.15, 0.2) is 16.4 Å². The molecule has 2 fully saturated rings. The minimum absolute atomic E-state index is 0.0729. The number of benzene rings is 2. The van der Waals surface area contributed by atoms with E-state index in [0.29, 0.717) is 29.4 Å². The number of Topliss-reactive ketones (excluding diaryl/α,β-unsaturated/α-hetero) is 1. The summed E-state index contributed by atoms with van der Waals surface area (Å²) in [6, 6.07) is 17.3. The number of halogens is 1. The van der Waals surface area contributed by atoms with Crippen LogP contribution in [-0.2, 0) is 20.8 Å². The van der Waals surface area contributed by atoms with E-state index in [0.717, 1.165) is 17.0 Å². The van der Waals surface area contributed by atoms with Gasteiger partial charge in [0.25, 0.3) is 0 Å². The molecule has 2 bridgehead atoms. The molecule has 0 spiro atoms. The van der Waals surface area contributed by atoms with Crippen LogP contribution in [0.15, 0.2) is 54.6 Å². The van der Waals surface area contributed by atoms with E-state index in [1.807, 2.05) is 59.2 Å². The lowest BCUT2D eigenvalue weighted by molar-refractivity contribution is -0.156. The summed E-state index contributed by atoms with van der Waals surface area (Å²) < 4.78 is 15.4. The molecule has 1 aromatic heterocycles. The molecule has 8 heteroatoms. The lowest BCUT2D eigenvalue weighted by atomic mass is 10.0. The van der Waals surface area contributed by atoms with Crippen LogP contribution in [0.1, 0.15) is 18.0 Å². The molecule has 6 nitrogen and oxygen atoms in total. The largest absolute Gasteiger partial charge is 0.343 e. The quantitative estimate of drug-likeness (QED) is 0.588. The molecule has 0 N–H and O–H groups in total. The van der Waals surface area contributed by atoms with E-state index in [1.54, 1.807) is 4.68 Å². The first-order valence-corrected chi connectivity index (χ1v) is 10.2. The van der Waals surface area contributed by atoms with Crippen LogP contribution in [0.25, 0.3) is 11.4 Å². The van der Waals surface area contributed by atoms with Gasteiger partial charge in [-0.3, -0.25) is 9.36 Å². The number of carbonyl (C=O) groups is 1. The summed E-state index contributed by atoms with van der Waals surface area (Å²) in [7, 11) is 0. The molecule has 29 heavy (non-hydrogen) atoms. The molecule has 2 aromatic carbocycles. The highest BCUT2D eigenvalue weighted by atomic mass is 35.5. The lowest BCUT2D eigenvalue weighted by Crippen LogP contribution is -2.37. The van der Waals surface area contributed by atoms with Gasteiger partial charge < -0.3 is 9.47 Å². The van der Waals surface area contributed by atoms with E-state index in [9.17, 15) is 4.79 Å². The first kappa shape index (κ1) is 18.7. The van der Waals surface area contributed by atoms with Crippen molar-refractivity contribution in [1.29, 1.82) is 0 Å². The van der Waals surface area contributed by atoms with Crippen LogP contribution in [0.3, 0.4) is 0 Å². The van der Waals surface area contributed by atoms with Gasteiger partial charge in [-0.05, 0) is 42.0 Å². The third-order valence-electron chi connectivity index (χ3n) is 5.30. The zero-order valence-electron chi connectivity index (χ0n) is 15.4. The van der Waals surface area contributed by atoms with Gasteiger partial charge in [0.1, 0.15) is 6.10 Å². The zero-order chi connectivity index (χ0) is 20.0. The SMILES string of the molecule is O=C1C[C@@H](n2nc(-c3ccc(Cl)cc3)n(Cc3ccccc3)c2=S)[C@@H]2CO[C@H]1O2. The molecular weight excluding hydrogens is 410 g/mol. The lowest BCUT2D eigenvalue weighted by Gasteiger charge is -2.26. The predicted octanol–water partition coefficient (Wildman–Crippen LogP) is 4.04. The summed E-state index contributed by atoms with van der Waals surface area (Å²) in [4.78, 5) is 12.3. The number of rotatable bonds is 4. The van der Waals surface area contributed by atoms with Gasteiger partial charge in [-0.25, -0.2) is 4.68 Å². The summed E-state index contributed by atoms with van der Waals surface area (Å²) in [5.74, 6) is 0.653. The maximum Gasteiger partial charge on any atom is 0.218 e. The molecule has 2 aliphatic rings. The number of hydrogen-bond donors (Lipinski definition) is 0. The second-order valence-corrected chi connectivity index (χ2v) is 8.01. The van der Waals surface area contributed by atoms with Crippen molar-refractivity contribution in [2.24, 2.45) is 0 Å². The fourth-order valence-electron chi connectivity index (χ4n) is 3.82. The summed E-state index contributed by atoms with van der Waals surface area (Å²) in [5, 5.41) is 5.48. The second-order valence-electron chi connectivity index (χ2n) is 7.21. The van der Waals surface area contributed by atoms with Crippen molar-refractivity contribution in [3.63, 3.8) is 0 Å². The number of hydrogen-bond acceptors (Lipinski definition) is 5. The van der Waals surface area contributed by atoms with Crippen LogP contribution in [0.5, 0.6) is 0 Å². The van der Waals surface area contributed by atoms with E-state index in [1.165, 1.54) is 0 Å².